The number of carbonyl (C=O) groups excluding carboxylic acids is 1. The number of hydrogen-bond acceptors (Lipinski definition) is 4. The van der Waals surface area contributed by atoms with Gasteiger partial charge < -0.3 is 14.6 Å². The van der Waals surface area contributed by atoms with E-state index in [-0.39, 0.29) is 11.7 Å². The number of nitrogens with zero attached hydrogens (tertiary/aromatic N) is 2. The zero-order valence-corrected chi connectivity index (χ0v) is 9.82. The lowest BCUT2D eigenvalue weighted by Gasteiger charge is -2.25. The van der Waals surface area contributed by atoms with Gasteiger partial charge >= 0.3 is 6.09 Å². The van der Waals surface area contributed by atoms with Crippen molar-refractivity contribution in [3.05, 3.63) is 27.8 Å². The highest BCUT2D eigenvalue weighted by Gasteiger charge is 2.24. The van der Waals surface area contributed by atoms with Gasteiger partial charge in [0.15, 0.2) is 0 Å². The fraction of sp³-hybridized carbons (Fsp3) is 0.364. The third-order valence-electron chi connectivity index (χ3n) is 3.23. The maximum atomic E-state index is 11.6. The number of aromatic amines is 2. The lowest BCUT2D eigenvalue weighted by Crippen LogP contribution is -2.35. The molecule has 0 atom stereocenters. The van der Waals surface area contributed by atoms with Gasteiger partial charge in [0, 0.05) is 17.6 Å². The maximum Gasteiger partial charge on any atom is 0.409 e. The lowest BCUT2D eigenvalue weighted by molar-refractivity contribution is 0.118. The first kappa shape index (κ1) is 10.8. The smallest absolute Gasteiger partial charge is 0.409 e. The van der Waals surface area contributed by atoms with Crippen molar-refractivity contribution in [1.82, 2.24) is 20.1 Å². The van der Waals surface area contributed by atoms with Crippen LogP contribution in [0.25, 0.3) is 10.9 Å². The standard InChI is InChI=1S/C11H12N4O3/c1-18-11(17)15-3-2-6-7-4-12-14-10(16)9(7)13-8(6)5-15/h4,13H,2-3,5H2,1H3,(H,14,16). The summed E-state index contributed by atoms with van der Waals surface area (Å²) in [6.45, 7) is 1.01. The van der Waals surface area contributed by atoms with E-state index in [0.29, 0.717) is 25.0 Å². The van der Waals surface area contributed by atoms with Gasteiger partial charge in [-0.1, -0.05) is 0 Å². The molecule has 7 heteroatoms. The number of rotatable bonds is 0. The van der Waals surface area contributed by atoms with E-state index in [1.165, 1.54) is 7.11 Å². The van der Waals surface area contributed by atoms with Crippen LogP contribution in [-0.2, 0) is 17.7 Å². The van der Waals surface area contributed by atoms with Gasteiger partial charge in [0.05, 0.1) is 19.9 Å². The number of H-pyrrole nitrogens is 2. The van der Waals surface area contributed by atoms with Gasteiger partial charge in [-0.25, -0.2) is 9.89 Å². The Morgan fingerprint density at radius 2 is 2.39 bits per heavy atom. The average molecular weight is 248 g/mol. The van der Waals surface area contributed by atoms with Crippen LogP contribution in [0.15, 0.2) is 11.0 Å². The SMILES string of the molecule is COC(=O)N1CCc2c([nH]c3c(=O)[nH]ncc23)C1. The van der Waals surface area contributed by atoms with E-state index < -0.39 is 0 Å². The van der Waals surface area contributed by atoms with Crippen molar-refractivity contribution in [3.63, 3.8) is 0 Å². The van der Waals surface area contributed by atoms with Gasteiger partial charge in [-0.15, -0.1) is 0 Å². The summed E-state index contributed by atoms with van der Waals surface area (Å²) in [4.78, 5) is 27.7. The van der Waals surface area contributed by atoms with Crippen molar-refractivity contribution in [2.24, 2.45) is 0 Å². The Kier molecular flexibility index (Phi) is 2.32. The Morgan fingerprint density at radius 3 is 3.17 bits per heavy atom. The Hall–Kier alpha value is -2.31. The molecule has 3 rings (SSSR count). The molecule has 2 aromatic heterocycles. The number of fused-ring (bicyclic) bond motifs is 3. The molecule has 3 heterocycles. The van der Waals surface area contributed by atoms with Crippen LogP contribution >= 0.6 is 0 Å². The van der Waals surface area contributed by atoms with Crippen LogP contribution in [0.4, 0.5) is 4.79 Å². The van der Waals surface area contributed by atoms with Crippen LogP contribution < -0.4 is 5.56 Å². The first-order chi connectivity index (χ1) is 8.70. The highest BCUT2D eigenvalue weighted by atomic mass is 16.5. The number of amides is 1. The van der Waals surface area contributed by atoms with Crippen molar-refractivity contribution in [2.45, 2.75) is 13.0 Å². The molecule has 0 fully saturated rings. The van der Waals surface area contributed by atoms with Crippen molar-refractivity contribution in [2.75, 3.05) is 13.7 Å². The normalized spacial score (nSPS) is 14.6. The Balaban J connectivity index is 2.07. The van der Waals surface area contributed by atoms with Crippen molar-refractivity contribution in [1.29, 1.82) is 0 Å². The first-order valence-electron chi connectivity index (χ1n) is 5.60. The Morgan fingerprint density at radius 1 is 1.56 bits per heavy atom. The van der Waals surface area contributed by atoms with E-state index in [4.69, 9.17) is 4.74 Å². The lowest BCUT2D eigenvalue weighted by atomic mass is 10.1. The molecular weight excluding hydrogens is 236 g/mol. The highest BCUT2D eigenvalue weighted by Crippen LogP contribution is 2.25. The predicted molar refractivity (Wildman–Crippen MR) is 63.2 cm³/mol. The summed E-state index contributed by atoms with van der Waals surface area (Å²) < 4.78 is 4.70. The molecule has 1 amide bonds. The molecular formula is C11H12N4O3. The number of ether oxygens (including phenoxy) is 1. The topological polar surface area (TPSA) is 91.1 Å². The van der Waals surface area contributed by atoms with E-state index >= 15 is 0 Å². The molecule has 2 aromatic rings. The van der Waals surface area contributed by atoms with Crippen LogP contribution in [-0.4, -0.2) is 39.8 Å². The molecule has 1 aliphatic rings. The molecule has 0 aromatic carbocycles. The monoisotopic (exact) mass is 248 g/mol. The molecule has 0 saturated carbocycles. The van der Waals surface area contributed by atoms with E-state index in [9.17, 15) is 9.59 Å². The van der Waals surface area contributed by atoms with Gasteiger partial charge in [0.25, 0.3) is 5.56 Å². The van der Waals surface area contributed by atoms with Crippen molar-refractivity contribution in [3.8, 4) is 0 Å². The summed E-state index contributed by atoms with van der Waals surface area (Å²) in [5.41, 5.74) is 2.21. The summed E-state index contributed by atoms with van der Waals surface area (Å²) in [6, 6.07) is 0. The largest absolute Gasteiger partial charge is 0.453 e. The van der Waals surface area contributed by atoms with E-state index in [2.05, 4.69) is 15.2 Å². The zero-order valence-electron chi connectivity index (χ0n) is 9.82. The van der Waals surface area contributed by atoms with Gasteiger partial charge in [-0.2, -0.15) is 5.10 Å². The molecule has 0 saturated heterocycles. The van der Waals surface area contributed by atoms with Crippen LogP contribution in [0.2, 0.25) is 0 Å². The summed E-state index contributed by atoms with van der Waals surface area (Å²) in [6.07, 6.45) is 1.97. The number of methoxy groups -OCH3 is 1. The van der Waals surface area contributed by atoms with Crippen molar-refractivity contribution >= 4 is 17.0 Å². The number of hydrogen-bond donors (Lipinski definition) is 2. The van der Waals surface area contributed by atoms with E-state index in [1.54, 1.807) is 11.1 Å². The fourth-order valence-corrected chi connectivity index (χ4v) is 2.36. The Labute approximate surface area is 102 Å². The molecule has 1 aliphatic heterocycles. The predicted octanol–water partition coefficient (Wildman–Crippen LogP) is 0.376. The van der Waals surface area contributed by atoms with Gasteiger partial charge in [-0.05, 0) is 12.0 Å². The van der Waals surface area contributed by atoms with Gasteiger partial charge in [0.2, 0.25) is 0 Å². The second kappa shape index (κ2) is 3.86. The third-order valence-corrected chi connectivity index (χ3v) is 3.23. The quantitative estimate of drug-likeness (QED) is 0.705. The number of carbonyl (C=O) groups is 1. The molecule has 7 nitrogen and oxygen atoms in total. The molecule has 18 heavy (non-hydrogen) atoms. The fourth-order valence-electron chi connectivity index (χ4n) is 2.36. The summed E-state index contributed by atoms with van der Waals surface area (Å²) >= 11 is 0. The molecule has 0 aliphatic carbocycles. The second-order valence-corrected chi connectivity index (χ2v) is 4.21. The van der Waals surface area contributed by atoms with E-state index in [1.807, 2.05) is 0 Å². The molecule has 0 radical (unpaired) electrons. The summed E-state index contributed by atoms with van der Waals surface area (Å²) in [7, 11) is 1.36. The van der Waals surface area contributed by atoms with Crippen LogP contribution in [0.1, 0.15) is 11.3 Å². The number of aromatic nitrogens is 3. The third kappa shape index (κ3) is 1.47. The second-order valence-electron chi connectivity index (χ2n) is 4.21. The highest BCUT2D eigenvalue weighted by molar-refractivity contribution is 5.83. The van der Waals surface area contributed by atoms with Crippen LogP contribution in [0, 0.1) is 0 Å². The van der Waals surface area contributed by atoms with Crippen molar-refractivity contribution < 1.29 is 9.53 Å². The van der Waals surface area contributed by atoms with Crippen LogP contribution in [0.5, 0.6) is 0 Å². The number of nitrogens with one attached hydrogen (secondary N) is 2. The van der Waals surface area contributed by atoms with Crippen LogP contribution in [0.3, 0.4) is 0 Å². The molecule has 0 bridgehead atoms. The average Bonchev–Trinajstić information content (AvgIpc) is 2.77. The molecule has 2 N–H and O–H groups in total. The molecule has 94 valence electrons. The Bertz CT molecular complexity index is 672. The molecule has 0 unspecified atom stereocenters. The van der Waals surface area contributed by atoms with E-state index in [0.717, 1.165) is 16.6 Å². The maximum absolute atomic E-state index is 11.6. The summed E-state index contributed by atoms with van der Waals surface area (Å²) in [5, 5.41) is 7.02. The summed E-state index contributed by atoms with van der Waals surface area (Å²) in [5.74, 6) is 0. The van der Waals surface area contributed by atoms with Gasteiger partial charge in [0.1, 0.15) is 5.52 Å². The first-order valence-corrected chi connectivity index (χ1v) is 5.60. The minimum absolute atomic E-state index is 0.244. The van der Waals surface area contributed by atoms with Gasteiger partial charge in [-0.3, -0.25) is 4.79 Å². The molecule has 0 spiro atoms. The minimum Gasteiger partial charge on any atom is -0.453 e. The zero-order chi connectivity index (χ0) is 12.7. The minimum atomic E-state index is -0.355.